The highest BCUT2D eigenvalue weighted by Gasteiger charge is 2.70. The van der Waals surface area contributed by atoms with E-state index in [-0.39, 0.29) is 22.6 Å². The van der Waals surface area contributed by atoms with E-state index in [1.54, 1.807) is 29.3 Å². The minimum absolute atomic E-state index is 0.141. The number of carbonyl (C=O) groups is 4. The van der Waals surface area contributed by atoms with Crippen molar-refractivity contribution in [2.75, 3.05) is 5.32 Å². The molecule has 222 valence electrons. The Morgan fingerprint density at radius 3 is 2.22 bits per heavy atom. The van der Waals surface area contributed by atoms with Gasteiger partial charge in [-0.2, -0.15) is 0 Å². The summed E-state index contributed by atoms with van der Waals surface area (Å²) in [6.07, 6.45) is 3.63. The van der Waals surface area contributed by atoms with Crippen molar-refractivity contribution in [3.63, 3.8) is 0 Å². The lowest BCUT2D eigenvalue weighted by Crippen LogP contribution is -2.49. The van der Waals surface area contributed by atoms with Gasteiger partial charge in [-0.1, -0.05) is 42.5 Å². The van der Waals surface area contributed by atoms with Crippen LogP contribution in [0.3, 0.4) is 0 Å². The van der Waals surface area contributed by atoms with E-state index in [2.05, 4.69) is 5.32 Å². The number of para-hydroxylation sites is 1. The van der Waals surface area contributed by atoms with Crippen LogP contribution in [0.15, 0.2) is 103 Å². The molecule has 0 aliphatic carbocycles. The quantitative estimate of drug-likeness (QED) is 0.101. The summed E-state index contributed by atoms with van der Waals surface area (Å²) in [6.45, 7) is 1.27. The van der Waals surface area contributed by atoms with Gasteiger partial charge in [-0.15, -0.1) is 0 Å². The number of fused-ring (bicyclic) bond motifs is 6. The largest absolute Gasteiger partial charge is 0.427 e. The number of anilines is 1. The molecule has 1 saturated heterocycles. The van der Waals surface area contributed by atoms with Gasteiger partial charge >= 0.3 is 5.97 Å². The van der Waals surface area contributed by atoms with Crippen LogP contribution >= 0.6 is 0 Å². The van der Waals surface area contributed by atoms with Gasteiger partial charge in [0, 0.05) is 42.1 Å². The van der Waals surface area contributed by atoms with Gasteiger partial charge in [0.2, 0.25) is 5.91 Å². The number of hydrogen-bond acceptors (Lipinski definition) is 8. The van der Waals surface area contributed by atoms with Gasteiger partial charge < -0.3 is 15.0 Å². The smallest absolute Gasteiger partial charge is 0.308 e. The topological polar surface area (TPSA) is 136 Å². The van der Waals surface area contributed by atoms with E-state index in [1.807, 2.05) is 36.4 Å². The third-order valence-electron chi connectivity index (χ3n) is 8.88. The summed E-state index contributed by atoms with van der Waals surface area (Å²) in [5, 5.41) is 14.4. The van der Waals surface area contributed by atoms with Gasteiger partial charge in [0.05, 0.1) is 16.9 Å². The molecule has 3 heterocycles. The molecule has 0 unspecified atom stereocenters. The standard InChI is InChI=1S/C35H25N3O7/c1-20(39)45-25-16-12-23(13-17-25)32(41)30-29(31(40)22-10-14-24(15-11-22)38(43)44)35(27-8-4-5-9-28(27)36-34(35)42)33-26-7-3-2-6-21(26)18-19-37(30)33/h2-19,29-30,33H,1H3,(H,36,42)/t29-,30-,33+,35+/m0/s1. The third kappa shape index (κ3) is 4.17. The van der Waals surface area contributed by atoms with Crippen molar-refractivity contribution in [1.82, 2.24) is 4.90 Å². The van der Waals surface area contributed by atoms with Crippen molar-refractivity contribution in [2.45, 2.75) is 24.4 Å². The number of ketones is 2. The molecule has 10 nitrogen and oxygen atoms in total. The summed E-state index contributed by atoms with van der Waals surface area (Å²) in [5.41, 5.74) is 1.46. The molecular formula is C35H25N3O7. The second-order valence-electron chi connectivity index (χ2n) is 11.2. The number of nitro benzene ring substituents is 1. The number of benzene rings is 4. The summed E-state index contributed by atoms with van der Waals surface area (Å²) < 4.78 is 5.15. The molecule has 4 aromatic rings. The Labute approximate surface area is 257 Å². The summed E-state index contributed by atoms with van der Waals surface area (Å²) in [5.74, 6) is -2.80. The summed E-state index contributed by atoms with van der Waals surface area (Å²) >= 11 is 0. The van der Waals surface area contributed by atoms with E-state index < -0.39 is 51.8 Å². The first kappa shape index (κ1) is 27.9. The maximum Gasteiger partial charge on any atom is 0.308 e. The van der Waals surface area contributed by atoms with Crippen molar-refractivity contribution < 1.29 is 28.8 Å². The number of esters is 1. The zero-order valence-electron chi connectivity index (χ0n) is 23.9. The Hall–Kier alpha value is -5.90. The van der Waals surface area contributed by atoms with Crippen molar-refractivity contribution in [2.24, 2.45) is 5.92 Å². The molecule has 3 aliphatic rings. The number of Topliss-reactive ketones (excluding diaryl/α,β-unsaturated/α-hetero) is 2. The van der Waals surface area contributed by atoms with Crippen LogP contribution < -0.4 is 10.1 Å². The average molecular weight is 600 g/mol. The molecule has 45 heavy (non-hydrogen) atoms. The normalized spacial score (nSPS) is 22.3. The second-order valence-corrected chi connectivity index (χ2v) is 11.2. The van der Waals surface area contributed by atoms with Gasteiger partial charge in [-0.25, -0.2) is 0 Å². The first-order chi connectivity index (χ1) is 21.7. The minimum Gasteiger partial charge on any atom is -0.427 e. The fraction of sp³-hybridized carbons (Fsp3) is 0.143. The molecule has 0 saturated carbocycles. The van der Waals surface area contributed by atoms with Crippen molar-refractivity contribution in [3.8, 4) is 5.75 Å². The van der Waals surface area contributed by atoms with Crippen LogP contribution in [0.4, 0.5) is 11.4 Å². The van der Waals surface area contributed by atoms with Crippen LogP contribution in [0.25, 0.3) is 6.08 Å². The van der Waals surface area contributed by atoms with Gasteiger partial charge in [-0.3, -0.25) is 29.3 Å². The predicted octanol–water partition coefficient (Wildman–Crippen LogP) is 5.50. The summed E-state index contributed by atoms with van der Waals surface area (Å²) in [6, 6.07) is 24.1. The molecule has 10 heteroatoms. The highest BCUT2D eigenvalue weighted by Crippen LogP contribution is 2.62. The van der Waals surface area contributed by atoms with Crippen molar-refractivity contribution in [3.05, 3.63) is 141 Å². The van der Waals surface area contributed by atoms with E-state index >= 15 is 0 Å². The lowest BCUT2D eigenvalue weighted by molar-refractivity contribution is -0.384. The number of carbonyl (C=O) groups excluding carboxylic acids is 4. The van der Waals surface area contributed by atoms with E-state index in [0.717, 1.165) is 11.1 Å². The Morgan fingerprint density at radius 1 is 0.867 bits per heavy atom. The van der Waals surface area contributed by atoms with Crippen LogP contribution in [0, 0.1) is 16.0 Å². The van der Waals surface area contributed by atoms with E-state index in [9.17, 15) is 29.3 Å². The Morgan fingerprint density at radius 2 is 1.51 bits per heavy atom. The molecule has 1 fully saturated rings. The van der Waals surface area contributed by atoms with Crippen LogP contribution in [0.1, 0.15) is 50.4 Å². The lowest BCUT2D eigenvalue weighted by atomic mass is 9.62. The molecule has 0 bridgehead atoms. The fourth-order valence-corrected chi connectivity index (χ4v) is 7.12. The fourth-order valence-electron chi connectivity index (χ4n) is 7.12. The molecule has 3 aliphatic heterocycles. The first-order valence-electron chi connectivity index (χ1n) is 14.3. The summed E-state index contributed by atoms with van der Waals surface area (Å²) in [4.78, 5) is 68.0. The number of nitrogens with one attached hydrogen (secondary N) is 1. The summed E-state index contributed by atoms with van der Waals surface area (Å²) in [7, 11) is 0. The van der Waals surface area contributed by atoms with Crippen molar-refractivity contribution >= 4 is 40.9 Å². The highest BCUT2D eigenvalue weighted by atomic mass is 16.6. The van der Waals surface area contributed by atoms with Crippen LogP contribution in [0.5, 0.6) is 5.75 Å². The molecule has 1 spiro atoms. The van der Waals surface area contributed by atoms with Crippen LogP contribution in [-0.4, -0.2) is 39.3 Å². The molecule has 1 N–H and O–H groups in total. The van der Waals surface area contributed by atoms with Crippen LogP contribution in [0.2, 0.25) is 0 Å². The van der Waals surface area contributed by atoms with E-state index in [1.165, 1.54) is 55.5 Å². The Bertz CT molecular complexity index is 1950. The Kier molecular flexibility index (Phi) is 6.43. The van der Waals surface area contributed by atoms with Crippen molar-refractivity contribution in [1.29, 1.82) is 0 Å². The molecule has 0 aromatic heterocycles. The van der Waals surface area contributed by atoms with Gasteiger partial charge in [-0.05, 0) is 65.2 Å². The number of nitrogens with zero attached hydrogens (tertiary/aromatic N) is 2. The monoisotopic (exact) mass is 599 g/mol. The van der Waals surface area contributed by atoms with E-state index in [0.29, 0.717) is 11.3 Å². The number of rotatable bonds is 6. The minimum atomic E-state index is -1.53. The number of amides is 1. The number of hydrogen-bond donors (Lipinski definition) is 1. The molecule has 4 aromatic carbocycles. The number of nitro groups is 1. The van der Waals surface area contributed by atoms with E-state index in [4.69, 9.17) is 4.74 Å². The zero-order valence-corrected chi connectivity index (χ0v) is 23.9. The first-order valence-corrected chi connectivity index (χ1v) is 14.3. The van der Waals surface area contributed by atoms with Gasteiger partial charge in [0.25, 0.3) is 5.69 Å². The number of ether oxygens (including phenoxy) is 1. The third-order valence-corrected chi connectivity index (χ3v) is 8.88. The number of non-ortho nitro benzene ring substituents is 1. The second kappa shape index (κ2) is 10.4. The molecule has 4 atom stereocenters. The van der Waals surface area contributed by atoms with Crippen LogP contribution in [-0.2, 0) is 15.0 Å². The van der Waals surface area contributed by atoms with Gasteiger partial charge in [0.1, 0.15) is 17.2 Å². The molecular weight excluding hydrogens is 574 g/mol. The zero-order chi connectivity index (χ0) is 31.5. The maximum absolute atomic E-state index is 14.8. The van der Waals surface area contributed by atoms with Gasteiger partial charge in [0.15, 0.2) is 11.6 Å². The highest BCUT2D eigenvalue weighted by molar-refractivity contribution is 6.16. The molecule has 0 radical (unpaired) electrons. The SMILES string of the molecule is CC(=O)Oc1ccc(C(=O)[C@@H]2[C@@H](C(=O)c3ccc([N+](=O)[O-])cc3)[C@@]3(C(=O)Nc4ccccc43)[C@H]3c4ccccc4C=CN23)cc1. The maximum atomic E-state index is 14.8. The molecule has 7 rings (SSSR count). The lowest BCUT2D eigenvalue weighted by Gasteiger charge is -2.38. The predicted molar refractivity (Wildman–Crippen MR) is 164 cm³/mol. The Balaban J connectivity index is 1.47. The molecule has 1 amide bonds. The average Bonchev–Trinajstić information content (AvgIpc) is 3.52.